The highest BCUT2D eigenvalue weighted by molar-refractivity contribution is 6.01. The Labute approximate surface area is 248 Å². The minimum absolute atomic E-state index is 0.112. The molecule has 0 radical (unpaired) electrons. The molecular formula is C30H34N6O7. The molecule has 0 saturated heterocycles. The van der Waals surface area contributed by atoms with Gasteiger partial charge in [0.2, 0.25) is 17.7 Å². The molecule has 0 unspecified atom stereocenters. The third-order valence-electron chi connectivity index (χ3n) is 7.14. The van der Waals surface area contributed by atoms with E-state index in [1.165, 1.54) is 11.2 Å². The number of fused-ring (bicyclic) bond motifs is 2. The zero-order chi connectivity index (χ0) is 30.2. The number of aromatic amines is 1. The fourth-order valence-corrected chi connectivity index (χ4v) is 4.85. The normalized spacial score (nSPS) is 19.3. The summed E-state index contributed by atoms with van der Waals surface area (Å²) in [4.78, 5) is 61.6. The number of aromatic nitrogens is 2. The molecule has 1 aromatic heterocycles. The second kappa shape index (κ2) is 13.7. The number of para-hydroxylation sites is 1. The van der Waals surface area contributed by atoms with Crippen molar-refractivity contribution in [2.75, 3.05) is 40.0 Å². The van der Waals surface area contributed by atoms with Gasteiger partial charge in [-0.1, -0.05) is 18.2 Å². The van der Waals surface area contributed by atoms with E-state index in [4.69, 9.17) is 14.2 Å². The molecule has 3 aromatic rings. The van der Waals surface area contributed by atoms with Gasteiger partial charge in [0.15, 0.2) is 11.5 Å². The molecule has 2 aliphatic heterocycles. The number of likely N-dealkylation sites (N-methyl/N-ethyl adjacent to an activating group) is 1. The Balaban J connectivity index is 1.32. The Bertz CT molecular complexity index is 1460. The number of nitrogens with one attached hydrogen (secondary N) is 4. The smallest absolute Gasteiger partial charge is 0.255 e. The van der Waals surface area contributed by atoms with E-state index in [0.717, 1.165) is 5.56 Å². The number of hydrogen-bond donors (Lipinski definition) is 4. The van der Waals surface area contributed by atoms with Gasteiger partial charge in [-0.05, 0) is 36.2 Å². The molecule has 43 heavy (non-hydrogen) atoms. The van der Waals surface area contributed by atoms with Crippen LogP contribution < -0.4 is 30.2 Å². The summed E-state index contributed by atoms with van der Waals surface area (Å²) < 4.78 is 17.0. The number of carbonyl (C=O) groups excluding carboxylic acids is 4. The monoisotopic (exact) mass is 590 g/mol. The highest BCUT2D eigenvalue weighted by atomic mass is 16.6. The molecular weight excluding hydrogens is 556 g/mol. The predicted octanol–water partition coefficient (Wildman–Crippen LogP) is 0.607. The maximum absolute atomic E-state index is 13.3. The van der Waals surface area contributed by atoms with Crippen LogP contribution in [0.4, 0.5) is 0 Å². The average Bonchev–Trinajstić information content (AvgIpc) is 3.53. The molecule has 3 heterocycles. The lowest BCUT2D eigenvalue weighted by molar-refractivity contribution is -0.136. The first-order valence-electron chi connectivity index (χ1n) is 14.1. The first-order chi connectivity index (χ1) is 20.9. The zero-order valence-electron chi connectivity index (χ0n) is 23.8. The summed E-state index contributed by atoms with van der Waals surface area (Å²) in [5, 5.41) is 8.25. The molecule has 13 heteroatoms. The molecule has 5 rings (SSSR count). The highest BCUT2D eigenvalue weighted by Crippen LogP contribution is 2.30. The molecule has 0 bridgehead atoms. The topological polar surface area (TPSA) is 164 Å². The fraction of sp³-hybridized carbons (Fsp3) is 0.367. The summed E-state index contributed by atoms with van der Waals surface area (Å²) in [7, 11) is 1.61. The van der Waals surface area contributed by atoms with Gasteiger partial charge in [-0.25, -0.2) is 4.98 Å². The maximum Gasteiger partial charge on any atom is 0.255 e. The molecule has 4 N–H and O–H groups in total. The van der Waals surface area contributed by atoms with Crippen molar-refractivity contribution < 1.29 is 33.4 Å². The van der Waals surface area contributed by atoms with E-state index in [9.17, 15) is 19.2 Å². The van der Waals surface area contributed by atoms with E-state index in [2.05, 4.69) is 25.9 Å². The Morgan fingerprint density at radius 2 is 1.79 bits per heavy atom. The molecule has 2 aromatic carbocycles. The number of benzene rings is 2. The number of ether oxygens (including phenoxy) is 3. The zero-order valence-corrected chi connectivity index (χ0v) is 23.8. The third kappa shape index (κ3) is 7.61. The summed E-state index contributed by atoms with van der Waals surface area (Å²) in [6.07, 6.45) is 3.32. The van der Waals surface area contributed by atoms with Crippen LogP contribution in [0.1, 0.15) is 28.0 Å². The van der Waals surface area contributed by atoms with Crippen LogP contribution in [-0.4, -0.2) is 90.5 Å². The van der Waals surface area contributed by atoms with Crippen LogP contribution in [0.3, 0.4) is 0 Å². The summed E-state index contributed by atoms with van der Waals surface area (Å²) in [5.74, 6) is -0.385. The van der Waals surface area contributed by atoms with Crippen molar-refractivity contribution >= 4 is 23.6 Å². The van der Waals surface area contributed by atoms with Crippen molar-refractivity contribution in [1.29, 1.82) is 0 Å². The van der Waals surface area contributed by atoms with Crippen molar-refractivity contribution in [3.63, 3.8) is 0 Å². The lowest BCUT2D eigenvalue weighted by atomic mass is 10.1. The quantitative estimate of drug-likeness (QED) is 0.324. The highest BCUT2D eigenvalue weighted by Gasteiger charge is 2.30. The van der Waals surface area contributed by atoms with Gasteiger partial charge >= 0.3 is 0 Å². The van der Waals surface area contributed by atoms with E-state index in [0.29, 0.717) is 42.6 Å². The lowest BCUT2D eigenvalue weighted by Crippen LogP contribution is -2.53. The second-order valence-corrected chi connectivity index (χ2v) is 10.3. The standard InChI is InChI=1S/C30H34N6O7/c1-36-10-11-41-24-5-3-2-4-21(24)28(38)35-22(16-27(37)34-23(30(36)40)15-20-17-31-18-33-20)29(39)32-9-8-19-6-7-25-26(14-19)43-13-12-42-25/h2-7,14,17-18,22-23H,8-13,15-16H2,1H3,(H,31,33)(H,32,39)(H,34,37)(H,35,38)/t22-,23-/m0/s1. The number of H-pyrrole nitrogens is 1. The third-order valence-corrected chi connectivity index (χ3v) is 7.14. The molecule has 0 fully saturated rings. The summed E-state index contributed by atoms with van der Waals surface area (Å²) >= 11 is 0. The largest absolute Gasteiger partial charge is 0.491 e. The fourth-order valence-electron chi connectivity index (χ4n) is 4.85. The van der Waals surface area contributed by atoms with Crippen LogP contribution >= 0.6 is 0 Å². The van der Waals surface area contributed by atoms with Crippen molar-refractivity contribution in [2.24, 2.45) is 0 Å². The molecule has 2 atom stereocenters. The van der Waals surface area contributed by atoms with Crippen molar-refractivity contribution in [3.8, 4) is 17.2 Å². The van der Waals surface area contributed by atoms with E-state index in [-0.39, 0.29) is 44.0 Å². The number of nitrogens with zero attached hydrogens (tertiary/aromatic N) is 2. The average molecular weight is 591 g/mol. The molecule has 2 aliphatic rings. The van der Waals surface area contributed by atoms with Crippen LogP contribution in [-0.2, 0) is 27.2 Å². The predicted molar refractivity (Wildman–Crippen MR) is 154 cm³/mol. The van der Waals surface area contributed by atoms with Gasteiger partial charge in [-0.2, -0.15) is 0 Å². The lowest BCUT2D eigenvalue weighted by Gasteiger charge is -2.26. The minimum atomic E-state index is -1.22. The van der Waals surface area contributed by atoms with Crippen LogP contribution in [0.2, 0.25) is 0 Å². The first kappa shape index (κ1) is 29.4. The molecule has 13 nitrogen and oxygen atoms in total. The van der Waals surface area contributed by atoms with E-state index in [1.54, 1.807) is 37.5 Å². The first-order valence-corrected chi connectivity index (χ1v) is 14.1. The number of hydrogen-bond acceptors (Lipinski definition) is 8. The van der Waals surface area contributed by atoms with E-state index < -0.39 is 29.8 Å². The van der Waals surface area contributed by atoms with Gasteiger partial charge < -0.3 is 40.0 Å². The Kier molecular flexibility index (Phi) is 9.39. The van der Waals surface area contributed by atoms with Gasteiger partial charge in [0.05, 0.1) is 24.9 Å². The van der Waals surface area contributed by atoms with Crippen molar-refractivity contribution in [2.45, 2.75) is 31.3 Å². The molecule has 4 amide bonds. The molecule has 0 saturated carbocycles. The number of rotatable bonds is 6. The van der Waals surface area contributed by atoms with Gasteiger partial charge in [0.1, 0.15) is 37.7 Å². The Morgan fingerprint density at radius 3 is 2.60 bits per heavy atom. The van der Waals surface area contributed by atoms with Gasteiger partial charge in [-0.15, -0.1) is 0 Å². The van der Waals surface area contributed by atoms with Crippen LogP contribution in [0.5, 0.6) is 17.2 Å². The Hall–Kier alpha value is -5.07. The van der Waals surface area contributed by atoms with Crippen LogP contribution in [0, 0.1) is 0 Å². The molecule has 0 aliphatic carbocycles. The SMILES string of the molecule is CN1CCOc2ccccc2C(=O)N[C@H](C(=O)NCCc2ccc3c(c2)OCCO3)CC(=O)N[C@@H](Cc2cnc[nH]2)C1=O. The van der Waals surface area contributed by atoms with Crippen LogP contribution in [0.15, 0.2) is 55.0 Å². The summed E-state index contributed by atoms with van der Waals surface area (Å²) in [6.45, 7) is 1.54. The summed E-state index contributed by atoms with van der Waals surface area (Å²) in [5.41, 5.74) is 1.79. The van der Waals surface area contributed by atoms with Gasteiger partial charge in [0.25, 0.3) is 5.91 Å². The number of imidazole rings is 1. The van der Waals surface area contributed by atoms with Gasteiger partial charge in [0, 0.05) is 31.9 Å². The van der Waals surface area contributed by atoms with Crippen molar-refractivity contribution in [3.05, 3.63) is 71.8 Å². The molecule has 0 spiro atoms. The van der Waals surface area contributed by atoms with Crippen LogP contribution in [0.25, 0.3) is 0 Å². The Morgan fingerprint density at radius 1 is 1.00 bits per heavy atom. The number of amides is 4. The molecule has 226 valence electrons. The summed E-state index contributed by atoms with van der Waals surface area (Å²) in [6, 6.07) is 10.0. The van der Waals surface area contributed by atoms with E-state index in [1.807, 2.05) is 18.2 Å². The van der Waals surface area contributed by atoms with Gasteiger partial charge in [-0.3, -0.25) is 19.2 Å². The number of carbonyl (C=O) groups is 4. The minimum Gasteiger partial charge on any atom is -0.491 e. The van der Waals surface area contributed by atoms with E-state index >= 15 is 0 Å². The van der Waals surface area contributed by atoms with Crippen molar-refractivity contribution in [1.82, 2.24) is 30.8 Å². The maximum atomic E-state index is 13.3. The second-order valence-electron chi connectivity index (χ2n) is 10.3.